The highest BCUT2D eigenvalue weighted by molar-refractivity contribution is 6.03. The molecule has 0 radical (unpaired) electrons. The fourth-order valence-electron chi connectivity index (χ4n) is 2.00. The van der Waals surface area contributed by atoms with Gasteiger partial charge in [-0.25, -0.2) is 0 Å². The number of carbonyl (C=O) groups is 1. The van der Waals surface area contributed by atoms with E-state index < -0.39 is 0 Å². The molecule has 2 rings (SSSR count). The van der Waals surface area contributed by atoms with E-state index in [0.717, 1.165) is 11.3 Å². The number of hydrogen-bond acceptors (Lipinski definition) is 3. The Balaban J connectivity index is 2.08. The van der Waals surface area contributed by atoms with Crippen molar-refractivity contribution in [2.45, 2.75) is 20.3 Å². The zero-order chi connectivity index (χ0) is 16.7. The normalized spacial score (nSPS) is 11.0. The summed E-state index contributed by atoms with van der Waals surface area (Å²) in [5.41, 5.74) is 2.46. The number of carbonyl (C=O) groups excluding carboxylic acids is 1. The van der Waals surface area contributed by atoms with Gasteiger partial charge < -0.3 is 14.8 Å². The zero-order valence-electron chi connectivity index (χ0n) is 13.6. The summed E-state index contributed by atoms with van der Waals surface area (Å²) in [6.07, 6.45) is 2.04. The highest BCUT2D eigenvalue weighted by atomic mass is 16.5. The molecule has 1 N–H and O–H groups in total. The Bertz CT molecular complexity index is 690. The second kappa shape index (κ2) is 8.03. The molecule has 4 heteroatoms. The van der Waals surface area contributed by atoms with Crippen LogP contribution in [0, 0.1) is 6.92 Å². The fraction of sp³-hybridized carbons (Fsp3) is 0.211. The molecule has 0 saturated carbocycles. The third kappa shape index (κ3) is 4.61. The summed E-state index contributed by atoms with van der Waals surface area (Å²) in [6, 6.07) is 15.0. The first kappa shape index (κ1) is 16.6. The lowest BCUT2D eigenvalue weighted by Crippen LogP contribution is -2.14. The highest BCUT2D eigenvalue weighted by Crippen LogP contribution is 2.26. The van der Waals surface area contributed by atoms with Crippen LogP contribution in [0.3, 0.4) is 0 Å². The van der Waals surface area contributed by atoms with E-state index >= 15 is 0 Å². The Kier molecular flexibility index (Phi) is 5.80. The minimum Gasteiger partial charge on any atom is -0.493 e. The van der Waals surface area contributed by atoms with Crippen LogP contribution in [0.2, 0.25) is 0 Å². The van der Waals surface area contributed by atoms with E-state index in [2.05, 4.69) is 5.32 Å². The number of methoxy groups -OCH3 is 1. The Hall–Kier alpha value is -2.75. The van der Waals surface area contributed by atoms with Crippen molar-refractivity contribution in [2.24, 2.45) is 0 Å². The molecule has 0 fully saturated rings. The van der Waals surface area contributed by atoms with Crippen molar-refractivity contribution >= 4 is 11.6 Å². The van der Waals surface area contributed by atoms with Gasteiger partial charge in [0, 0.05) is 5.69 Å². The first-order chi connectivity index (χ1) is 11.1. The zero-order valence-corrected chi connectivity index (χ0v) is 13.6. The Morgan fingerprint density at radius 2 is 1.74 bits per heavy atom. The molecule has 0 unspecified atom stereocenters. The van der Waals surface area contributed by atoms with Gasteiger partial charge in [-0.2, -0.15) is 0 Å². The summed E-state index contributed by atoms with van der Waals surface area (Å²) < 4.78 is 10.8. The van der Waals surface area contributed by atoms with E-state index in [9.17, 15) is 4.79 Å². The molecular weight excluding hydrogens is 290 g/mol. The number of anilines is 1. The minimum atomic E-state index is -0.175. The molecule has 0 atom stereocenters. The average molecular weight is 311 g/mol. The van der Waals surface area contributed by atoms with Crippen LogP contribution >= 0.6 is 0 Å². The Morgan fingerprint density at radius 1 is 1.09 bits per heavy atom. The number of nitrogens with one attached hydrogen (secondary N) is 1. The maximum absolute atomic E-state index is 12.3. The number of benzene rings is 2. The van der Waals surface area contributed by atoms with Gasteiger partial charge in [0.2, 0.25) is 0 Å². The number of hydrogen-bond donors (Lipinski definition) is 1. The van der Waals surface area contributed by atoms with Gasteiger partial charge in [-0.05, 0) is 37.6 Å². The van der Waals surface area contributed by atoms with Crippen LogP contribution in [0.4, 0.5) is 5.69 Å². The molecule has 4 nitrogen and oxygen atoms in total. The Morgan fingerprint density at radius 3 is 2.35 bits per heavy atom. The third-order valence-corrected chi connectivity index (χ3v) is 3.38. The summed E-state index contributed by atoms with van der Waals surface area (Å²) in [5, 5.41) is 2.87. The first-order valence-corrected chi connectivity index (χ1v) is 7.50. The van der Waals surface area contributed by atoms with Crippen molar-refractivity contribution in [3.05, 3.63) is 65.9 Å². The number of aryl methyl sites for hydroxylation is 1. The SMILES string of the molecule is CC/C(=C\Oc1ccccc1OC)C(=O)Nc1ccc(C)cc1. The summed E-state index contributed by atoms with van der Waals surface area (Å²) in [6.45, 7) is 3.91. The van der Waals surface area contributed by atoms with E-state index in [1.165, 1.54) is 6.26 Å². The molecule has 2 aromatic carbocycles. The molecule has 0 aliphatic carbocycles. The van der Waals surface area contributed by atoms with Crippen LogP contribution in [0.5, 0.6) is 11.5 Å². The number of para-hydroxylation sites is 2. The van der Waals surface area contributed by atoms with Crippen LogP contribution in [-0.2, 0) is 4.79 Å². The highest BCUT2D eigenvalue weighted by Gasteiger charge is 2.09. The fourth-order valence-corrected chi connectivity index (χ4v) is 2.00. The molecule has 120 valence electrons. The molecule has 0 bridgehead atoms. The monoisotopic (exact) mass is 311 g/mol. The molecule has 0 saturated heterocycles. The van der Waals surface area contributed by atoms with Crippen LogP contribution in [0.15, 0.2) is 60.4 Å². The lowest BCUT2D eigenvalue weighted by Gasteiger charge is -2.10. The van der Waals surface area contributed by atoms with Gasteiger partial charge in [0.1, 0.15) is 0 Å². The smallest absolute Gasteiger partial charge is 0.254 e. The quantitative estimate of drug-likeness (QED) is 0.638. The molecule has 0 aliphatic rings. The molecule has 0 heterocycles. The van der Waals surface area contributed by atoms with Crippen LogP contribution in [0.1, 0.15) is 18.9 Å². The van der Waals surface area contributed by atoms with Gasteiger partial charge in [-0.15, -0.1) is 0 Å². The molecule has 23 heavy (non-hydrogen) atoms. The predicted molar refractivity (Wildman–Crippen MR) is 91.8 cm³/mol. The predicted octanol–water partition coefficient (Wildman–Crippen LogP) is 4.32. The van der Waals surface area contributed by atoms with Gasteiger partial charge in [-0.3, -0.25) is 4.79 Å². The van der Waals surface area contributed by atoms with Crippen LogP contribution < -0.4 is 14.8 Å². The average Bonchev–Trinajstić information content (AvgIpc) is 2.58. The summed E-state index contributed by atoms with van der Waals surface area (Å²) in [4.78, 5) is 12.3. The third-order valence-electron chi connectivity index (χ3n) is 3.38. The number of ether oxygens (including phenoxy) is 2. The lowest BCUT2D eigenvalue weighted by molar-refractivity contribution is -0.113. The van der Waals surface area contributed by atoms with Crippen LogP contribution in [0.25, 0.3) is 0 Å². The second-order valence-electron chi connectivity index (χ2n) is 5.09. The van der Waals surface area contributed by atoms with Crippen molar-refractivity contribution in [1.82, 2.24) is 0 Å². The maximum Gasteiger partial charge on any atom is 0.254 e. The summed E-state index contributed by atoms with van der Waals surface area (Å²) >= 11 is 0. The molecular formula is C19H21NO3. The molecule has 0 aromatic heterocycles. The van der Waals surface area contributed by atoms with Crippen molar-refractivity contribution in [3.63, 3.8) is 0 Å². The van der Waals surface area contributed by atoms with Crippen molar-refractivity contribution in [3.8, 4) is 11.5 Å². The largest absolute Gasteiger partial charge is 0.493 e. The molecule has 0 aliphatic heterocycles. The van der Waals surface area contributed by atoms with E-state index in [4.69, 9.17) is 9.47 Å². The van der Waals surface area contributed by atoms with Gasteiger partial charge in [-0.1, -0.05) is 36.8 Å². The number of amides is 1. The summed E-state index contributed by atoms with van der Waals surface area (Å²) in [7, 11) is 1.58. The van der Waals surface area contributed by atoms with Gasteiger partial charge >= 0.3 is 0 Å². The molecule has 2 aromatic rings. The van der Waals surface area contributed by atoms with E-state index in [-0.39, 0.29) is 5.91 Å². The molecule has 0 spiro atoms. The second-order valence-corrected chi connectivity index (χ2v) is 5.09. The topological polar surface area (TPSA) is 47.6 Å². The van der Waals surface area contributed by atoms with Gasteiger partial charge in [0.05, 0.1) is 18.9 Å². The summed E-state index contributed by atoms with van der Waals surface area (Å²) in [5.74, 6) is 1.02. The Labute approximate surface area is 136 Å². The van der Waals surface area contributed by atoms with E-state index in [1.54, 1.807) is 19.2 Å². The first-order valence-electron chi connectivity index (χ1n) is 7.50. The van der Waals surface area contributed by atoms with Crippen LogP contribution in [-0.4, -0.2) is 13.0 Å². The minimum absolute atomic E-state index is 0.175. The van der Waals surface area contributed by atoms with Gasteiger partial charge in [0.25, 0.3) is 5.91 Å². The van der Waals surface area contributed by atoms with E-state index in [1.807, 2.05) is 50.2 Å². The van der Waals surface area contributed by atoms with Crippen molar-refractivity contribution in [1.29, 1.82) is 0 Å². The molecule has 1 amide bonds. The van der Waals surface area contributed by atoms with Crippen molar-refractivity contribution in [2.75, 3.05) is 12.4 Å². The lowest BCUT2D eigenvalue weighted by atomic mass is 10.2. The van der Waals surface area contributed by atoms with E-state index in [0.29, 0.717) is 23.5 Å². The number of rotatable bonds is 6. The maximum atomic E-state index is 12.3. The van der Waals surface area contributed by atoms with Gasteiger partial charge in [0.15, 0.2) is 11.5 Å². The standard InChI is InChI=1S/C19H21NO3/c1-4-15(13-23-18-8-6-5-7-17(18)22-3)19(21)20-16-11-9-14(2)10-12-16/h5-13H,4H2,1-3H3,(H,20,21)/b15-13+. The van der Waals surface area contributed by atoms with Crippen molar-refractivity contribution < 1.29 is 14.3 Å².